The van der Waals surface area contributed by atoms with Crippen molar-refractivity contribution in [3.63, 3.8) is 0 Å². The second-order valence-corrected chi connectivity index (χ2v) is 3.47. The number of ether oxygens (including phenoxy) is 2. The molecule has 1 N–H and O–H groups in total. The minimum Gasteiger partial charge on any atom is -0.471 e. The molecule has 0 bridgehead atoms. The van der Waals surface area contributed by atoms with Crippen molar-refractivity contribution < 1.29 is 9.47 Å². The van der Waals surface area contributed by atoms with Gasteiger partial charge in [-0.2, -0.15) is 0 Å². The minimum atomic E-state index is -0.0147. The van der Waals surface area contributed by atoms with Crippen LogP contribution >= 0.6 is 0 Å². The maximum absolute atomic E-state index is 5.58. The van der Waals surface area contributed by atoms with Crippen molar-refractivity contribution >= 4 is 0 Å². The van der Waals surface area contributed by atoms with Crippen LogP contribution in [0.25, 0.3) is 0 Å². The largest absolute Gasteiger partial charge is 0.471 e. The van der Waals surface area contributed by atoms with Crippen LogP contribution in [0.4, 0.5) is 0 Å². The summed E-state index contributed by atoms with van der Waals surface area (Å²) in [6.07, 6.45) is 3.32. The number of nitrogens with zero attached hydrogens (tertiary/aromatic N) is 2. The molecule has 0 aliphatic rings. The lowest BCUT2D eigenvalue weighted by Crippen LogP contribution is -2.20. The number of nitrogens with one attached hydrogen (secondary N) is 1. The highest BCUT2D eigenvalue weighted by molar-refractivity contribution is 5.08. The molecule has 1 unspecified atom stereocenters. The van der Waals surface area contributed by atoms with Gasteiger partial charge in [-0.3, -0.25) is 4.98 Å². The first-order valence-corrected chi connectivity index (χ1v) is 5.46. The molecule has 0 aliphatic heterocycles. The van der Waals surface area contributed by atoms with E-state index in [1.54, 1.807) is 12.4 Å². The molecule has 0 saturated carbocycles. The van der Waals surface area contributed by atoms with Crippen LogP contribution in [-0.4, -0.2) is 36.3 Å². The Balaban J connectivity index is 2.49. The second kappa shape index (κ2) is 7.14. The summed E-state index contributed by atoms with van der Waals surface area (Å²) in [4.78, 5) is 8.38. The normalized spacial score (nSPS) is 12.4. The zero-order chi connectivity index (χ0) is 11.8. The number of hydrogen-bond donors (Lipinski definition) is 1. The lowest BCUT2D eigenvalue weighted by Gasteiger charge is -2.13. The standard InChI is InChI=1S/C11H19N3O2/c1-4-15-8-9(2)16-11-7-13-6-10(14-11)5-12-3/h6-7,9,12H,4-5,8H2,1-3H3. The molecule has 5 nitrogen and oxygen atoms in total. The molecule has 0 amide bonds. The third-order valence-corrected chi connectivity index (χ3v) is 1.90. The molecule has 1 atom stereocenters. The Morgan fingerprint density at radius 3 is 2.94 bits per heavy atom. The quantitative estimate of drug-likeness (QED) is 0.750. The first-order chi connectivity index (χ1) is 7.76. The van der Waals surface area contributed by atoms with E-state index in [0.717, 1.165) is 5.69 Å². The summed E-state index contributed by atoms with van der Waals surface area (Å²) < 4.78 is 10.8. The van der Waals surface area contributed by atoms with Gasteiger partial charge in [0.2, 0.25) is 5.88 Å². The average Bonchev–Trinajstić information content (AvgIpc) is 2.27. The van der Waals surface area contributed by atoms with Crippen molar-refractivity contribution in [2.45, 2.75) is 26.5 Å². The average molecular weight is 225 g/mol. The van der Waals surface area contributed by atoms with Gasteiger partial charge in [0.15, 0.2) is 0 Å². The van der Waals surface area contributed by atoms with Crippen molar-refractivity contribution in [1.29, 1.82) is 0 Å². The Morgan fingerprint density at radius 2 is 2.25 bits per heavy atom. The highest BCUT2D eigenvalue weighted by Crippen LogP contribution is 2.07. The number of aromatic nitrogens is 2. The Hall–Kier alpha value is -1.20. The van der Waals surface area contributed by atoms with E-state index < -0.39 is 0 Å². The van der Waals surface area contributed by atoms with Crippen LogP contribution in [0.1, 0.15) is 19.5 Å². The van der Waals surface area contributed by atoms with Gasteiger partial charge < -0.3 is 14.8 Å². The first-order valence-electron chi connectivity index (χ1n) is 5.46. The van der Waals surface area contributed by atoms with Gasteiger partial charge in [0, 0.05) is 19.3 Å². The van der Waals surface area contributed by atoms with E-state index in [-0.39, 0.29) is 6.10 Å². The van der Waals surface area contributed by atoms with E-state index >= 15 is 0 Å². The van der Waals surface area contributed by atoms with Crippen LogP contribution in [-0.2, 0) is 11.3 Å². The molecule has 0 fully saturated rings. The molecule has 0 aliphatic carbocycles. The molecule has 1 heterocycles. The fourth-order valence-corrected chi connectivity index (χ4v) is 1.23. The Labute approximate surface area is 96.2 Å². The van der Waals surface area contributed by atoms with Crippen molar-refractivity contribution in [3.05, 3.63) is 18.1 Å². The van der Waals surface area contributed by atoms with Gasteiger partial charge in [0.25, 0.3) is 0 Å². The Kier molecular flexibility index (Phi) is 5.74. The third kappa shape index (κ3) is 4.55. The van der Waals surface area contributed by atoms with Crippen molar-refractivity contribution in [1.82, 2.24) is 15.3 Å². The lowest BCUT2D eigenvalue weighted by atomic mass is 10.4. The number of hydrogen-bond acceptors (Lipinski definition) is 5. The zero-order valence-electron chi connectivity index (χ0n) is 10.1. The van der Waals surface area contributed by atoms with Crippen molar-refractivity contribution in [2.24, 2.45) is 0 Å². The summed E-state index contributed by atoms with van der Waals surface area (Å²) >= 11 is 0. The molecule has 90 valence electrons. The number of rotatable bonds is 7. The Morgan fingerprint density at radius 1 is 1.44 bits per heavy atom. The SMILES string of the molecule is CCOCC(C)Oc1cncc(CNC)n1. The Bertz CT molecular complexity index is 307. The highest BCUT2D eigenvalue weighted by Gasteiger charge is 2.05. The van der Waals surface area contributed by atoms with Crippen LogP contribution < -0.4 is 10.1 Å². The van der Waals surface area contributed by atoms with Gasteiger partial charge >= 0.3 is 0 Å². The fraction of sp³-hybridized carbons (Fsp3) is 0.636. The fourth-order valence-electron chi connectivity index (χ4n) is 1.23. The van der Waals surface area contributed by atoms with Gasteiger partial charge in [-0.25, -0.2) is 4.98 Å². The molecule has 0 radical (unpaired) electrons. The predicted molar refractivity (Wildman–Crippen MR) is 61.4 cm³/mol. The smallest absolute Gasteiger partial charge is 0.232 e. The van der Waals surface area contributed by atoms with E-state index in [9.17, 15) is 0 Å². The van der Waals surface area contributed by atoms with Crippen LogP contribution in [0, 0.1) is 0 Å². The first kappa shape index (κ1) is 12.9. The highest BCUT2D eigenvalue weighted by atomic mass is 16.5. The van der Waals surface area contributed by atoms with Crippen LogP contribution in [0.5, 0.6) is 5.88 Å². The molecule has 5 heteroatoms. The van der Waals surface area contributed by atoms with Gasteiger partial charge in [0.05, 0.1) is 18.5 Å². The van der Waals surface area contributed by atoms with E-state index in [1.807, 2.05) is 20.9 Å². The maximum atomic E-state index is 5.58. The molecule has 1 rings (SSSR count). The molecule has 1 aromatic heterocycles. The summed E-state index contributed by atoms with van der Waals surface area (Å²) in [5.41, 5.74) is 0.864. The van der Waals surface area contributed by atoms with E-state index in [4.69, 9.17) is 9.47 Å². The minimum absolute atomic E-state index is 0.0147. The van der Waals surface area contributed by atoms with Gasteiger partial charge in [0.1, 0.15) is 6.10 Å². The zero-order valence-corrected chi connectivity index (χ0v) is 10.1. The summed E-state index contributed by atoms with van der Waals surface area (Å²) in [6.45, 7) is 5.85. The van der Waals surface area contributed by atoms with E-state index in [1.165, 1.54) is 0 Å². The predicted octanol–water partition coefficient (Wildman–Crippen LogP) is 1.000. The van der Waals surface area contributed by atoms with Crippen molar-refractivity contribution in [3.8, 4) is 5.88 Å². The molecule has 0 spiro atoms. The molecule has 1 aromatic rings. The molecule has 0 saturated heterocycles. The van der Waals surface area contributed by atoms with Gasteiger partial charge in [-0.15, -0.1) is 0 Å². The third-order valence-electron chi connectivity index (χ3n) is 1.90. The molecule has 16 heavy (non-hydrogen) atoms. The maximum Gasteiger partial charge on any atom is 0.232 e. The van der Waals surface area contributed by atoms with Crippen LogP contribution in [0.2, 0.25) is 0 Å². The van der Waals surface area contributed by atoms with Crippen LogP contribution in [0.15, 0.2) is 12.4 Å². The topological polar surface area (TPSA) is 56.3 Å². The summed E-state index contributed by atoms with van der Waals surface area (Å²) in [6, 6.07) is 0. The second-order valence-electron chi connectivity index (χ2n) is 3.47. The lowest BCUT2D eigenvalue weighted by molar-refractivity contribution is 0.0630. The molecular weight excluding hydrogens is 206 g/mol. The van der Waals surface area contributed by atoms with Gasteiger partial charge in [-0.05, 0) is 20.9 Å². The monoisotopic (exact) mass is 225 g/mol. The van der Waals surface area contributed by atoms with E-state index in [0.29, 0.717) is 25.6 Å². The van der Waals surface area contributed by atoms with Crippen molar-refractivity contribution in [2.75, 3.05) is 20.3 Å². The summed E-state index contributed by atoms with van der Waals surface area (Å²) in [5.74, 6) is 0.542. The van der Waals surface area contributed by atoms with E-state index in [2.05, 4.69) is 15.3 Å². The summed E-state index contributed by atoms with van der Waals surface area (Å²) in [7, 11) is 1.87. The summed E-state index contributed by atoms with van der Waals surface area (Å²) in [5, 5.41) is 3.02. The molecule has 0 aromatic carbocycles. The van der Waals surface area contributed by atoms with Crippen LogP contribution in [0.3, 0.4) is 0 Å². The molecular formula is C11H19N3O2. The van der Waals surface area contributed by atoms with Gasteiger partial charge in [-0.1, -0.05) is 0 Å².